The normalized spacial score (nSPS) is 11.8. The third-order valence-corrected chi connectivity index (χ3v) is 2.97. The summed E-state index contributed by atoms with van der Waals surface area (Å²) in [6.45, 7) is 2.34. The number of rotatable bonds is 6. The highest BCUT2D eigenvalue weighted by molar-refractivity contribution is 6.34. The molecule has 7 heteroatoms. The van der Waals surface area contributed by atoms with Crippen molar-refractivity contribution in [1.82, 2.24) is 5.32 Å². The molecule has 0 aromatic heterocycles. The number of urea groups is 1. The fourth-order valence-corrected chi connectivity index (χ4v) is 1.78. The Morgan fingerprint density at radius 2 is 2.15 bits per heavy atom. The van der Waals surface area contributed by atoms with Gasteiger partial charge in [0, 0.05) is 7.11 Å². The molecular weight excluding hydrogens is 284 g/mol. The maximum Gasteiger partial charge on any atom is 0.335 e. The van der Waals surface area contributed by atoms with Crippen LogP contribution in [0.15, 0.2) is 18.2 Å². The Morgan fingerprint density at radius 3 is 2.65 bits per heavy atom. The van der Waals surface area contributed by atoms with Crippen LogP contribution in [0.1, 0.15) is 23.7 Å². The lowest BCUT2D eigenvalue weighted by molar-refractivity contribution is 0.0697. The molecule has 0 aliphatic heterocycles. The summed E-state index contributed by atoms with van der Waals surface area (Å²) < 4.78 is 4.98. The van der Waals surface area contributed by atoms with E-state index in [-0.39, 0.29) is 16.6 Å². The van der Waals surface area contributed by atoms with Crippen LogP contribution in [0.5, 0.6) is 0 Å². The molecule has 0 heterocycles. The lowest BCUT2D eigenvalue weighted by atomic mass is 10.2. The number of ether oxygens (including phenoxy) is 1. The van der Waals surface area contributed by atoms with Gasteiger partial charge in [-0.15, -0.1) is 0 Å². The molecule has 0 aliphatic carbocycles. The number of halogens is 1. The highest BCUT2D eigenvalue weighted by Gasteiger charge is 2.12. The van der Waals surface area contributed by atoms with Crippen molar-refractivity contribution in [2.75, 3.05) is 19.0 Å². The summed E-state index contributed by atoms with van der Waals surface area (Å²) in [5.74, 6) is -1.07. The molecule has 0 saturated heterocycles. The Labute approximate surface area is 122 Å². The maximum atomic E-state index is 11.8. The monoisotopic (exact) mass is 300 g/mol. The standard InChI is InChI=1S/C13H17ClN2O4/c1-3-9(7-20-2)15-13(19)16-11-5-4-8(12(17)18)6-10(11)14/h4-6,9H,3,7H2,1-2H3,(H,17,18)(H2,15,16,19). The van der Waals surface area contributed by atoms with Gasteiger partial charge in [0.05, 0.1) is 28.9 Å². The number of methoxy groups -OCH3 is 1. The van der Waals surface area contributed by atoms with Crippen LogP contribution in [0.4, 0.5) is 10.5 Å². The van der Waals surface area contributed by atoms with Crippen LogP contribution in [0, 0.1) is 0 Å². The van der Waals surface area contributed by atoms with E-state index in [1.54, 1.807) is 7.11 Å². The molecule has 6 nitrogen and oxygen atoms in total. The van der Waals surface area contributed by atoms with Gasteiger partial charge in [-0.25, -0.2) is 9.59 Å². The minimum atomic E-state index is -1.07. The molecule has 0 fully saturated rings. The van der Waals surface area contributed by atoms with Gasteiger partial charge in [-0.05, 0) is 24.6 Å². The Hall–Kier alpha value is -1.79. The van der Waals surface area contributed by atoms with Gasteiger partial charge < -0.3 is 20.5 Å². The maximum absolute atomic E-state index is 11.8. The van der Waals surface area contributed by atoms with E-state index in [0.29, 0.717) is 12.3 Å². The summed E-state index contributed by atoms with van der Waals surface area (Å²) in [4.78, 5) is 22.5. The van der Waals surface area contributed by atoms with Crippen molar-refractivity contribution in [3.8, 4) is 0 Å². The predicted molar refractivity (Wildman–Crippen MR) is 76.5 cm³/mol. The third-order valence-electron chi connectivity index (χ3n) is 2.66. The Balaban J connectivity index is 2.68. The molecular formula is C13H17ClN2O4. The zero-order valence-electron chi connectivity index (χ0n) is 11.3. The number of anilines is 1. The predicted octanol–water partition coefficient (Wildman–Crippen LogP) is 2.58. The Kier molecular flexibility index (Phi) is 6.27. The number of amides is 2. The van der Waals surface area contributed by atoms with Gasteiger partial charge in [-0.2, -0.15) is 0 Å². The van der Waals surface area contributed by atoms with Crippen LogP contribution in [0.25, 0.3) is 0 Å². The Morgan fingerprint density at radius 1 is 1.45 bits per heavy atom. The molecule has 0 saturated carbocycles. The summed E-state index contributed by atoms with van der Waals surface area (Å²) in [6, 6.07) is 3.58. The van der Waals surface area contributed by atoms with Crippen LogP contribution in [0.2, 0.25) is 5.02 Å². The van der Waals surface area contributed by atoms with E-state index in [0.717, 1.165) is 6.42 Å². The SMILES string of the molecule is CCC(COC)NC(=O)Nc1ccc(C(=O)O)cc1Cl. The van der Waals surface area contributed by atoms with Crippen molar-refractivity contribution in [2.45, 2.75) is 19.4 Å². The first-order valence-corrected chi connectivity index (χ1v) is 6.45. The number of nitrogens with one attached hydrogen (secondary N) is 2. The van der Waals surface area contributed by atoms with Crippen molar-refractivity contribution in [3.05, 3.63) is 28.8 Å². The summed E-state index contributed by atoms with van der Waals surface area (Å²) in [5.41, 5.74) is 0.410. The van der Waals surface area contributed by atoms with E-state index in [9.17, 15) is 9.59 Å². The van der Waals surface area contributed by atoms with E-state index in [1.165, 1.54) is 18.2 Å². The summed E-state index contributed by atoms with van der Waals surface area (Å²) in [6.07, 6.45) is 0.729. The second kappa shape index (κ2) is 7.72. The fourth-order valence-electron chi connectivity index (χ4n) is 1.56. The first kappa shape index (κ1) is 16.3. The van der Waals surface area contributed by atoms with Gasteiger partial charge >= 0.3 is 12.0 Å². The number of carbonyl (C=O) groups is 2. The summed E-state index contributed by atoms with van der Waals surface area (Å²) in [5, 5.41) is 14.3. The number of benzene rings is 1. The molecule has 1 rings (SSSR count). The largest absolute Gasteiger partial charge is 0.478 e. The number of aromatic carboxylic acids is 1. The number of carbonyl (C=O) groups excluding carboxylic acids is 1. The quantitative estimate of drug-likeness (QED) is 0.753. The van der Waals surface area contributed by atoms with Gasteiger partial charge in [-0.1, -0.05) is 18.5 Å². The van der Waals surface area contributed by atoms with E-state index in [4.69, 9.17) is 21.4 Å². The van der Waals surface area contributed by atoms with Crippen molar-refractivity contribution in [3.63, 3.8) is 0 Å². The van der Waals surface area contributed by atoms with Crippen LogP contribution >= 0.6 is 11.6 Å². The van der Waals surface area contributed by atoms with Crippen LogP contribution in [0.3, 0.4) is 0 Å². The molecule has 110 valence electrons. The number of carboxylic acids is 1. The zero-order valence-corrected chi connectivity index (χ0v) is 12.0. The topological polar surface area (TPSA) is 87.7 Å². The van der Waals surface area contributed by atoms with Crippen molar-refractivity contribution in [2.24, 2.45) is 0 Å². The second-order valence-corrected chi connectivity index (χ2v) is 4.57. The van der Waals surface area contributed by atoms with Crippen molar-refractivity contribution >= 4 is 29.3 Å². The molecule has 0 radical (unpaired) electrons. The molecule has 1 atom stereocenters. The number of hydrogen-bond donors (Lipinski definition) is 3. The fraction of sp³-hybridized carbons (Fsp3) is 0.385. The molecule has 0 spiro atoms. The molecule has 3 N–H and O–H groups in total. The molecule has 20 heavy (non-hydrogen) atoms. The van der Waals surface area contributed by atoms with Gasteiger partial charge in [0.25, 0.3) is 0 Å². The molecule has 2 amide bonds. The lowest BCUT2D eigenvalue weighted by Crippen LogP contribution is -2.40. The average molecular weight is 301 g/mol. The van der Waals surface area contributed by atoms with Crippen molar-refractivity contribution < 1.29 is 19.4 Å². The van der Waals surface area contributed by atoms with E-state index < -0.39 is 12.0 Å². The van der Waals surface area contributed by atoms with Crippen LogP contribution in [-0.4, -0.2) is 36.9 Å². The minimum Gasteiger partial charge on any atom is -0.478 e. The number of hydrogen-bond acceptors (Lipinski definition) is 3. The molecule has 1 unspecified atom stereocenters. The highest BCUT2D eigenvalue weighted by Crippen LogP contribution is 2.23. The van der Waals surface area contributed by atoms with Crippen LogP contribution in [-0.2, 0) is 4.74 Å². The summed E-state index contributed by atoms with van der Waals surface area (Å²) >= 11 is 5.92. The first-order chi connectivity index (χ1) is 9.47. The smallest absolute Gasteiger partial charge is 0.335 e. The van der Waals surface area contributed by atoms with E-state index >= 15 is 0 Å². The van der Waals surface area contributed by atoms with Crippen LogP contribution < -0.4 is 10.6 Å². The lowest BCUT2D eigenvalue weighted by Gasteiger charge is -2.16. The van der Waals surface area contributed by atoms with Gasteiger partial charge in [0.2, 0.25) is 0 Å². The van der Waals surface area contributed by atoms with E-state index in [1.807, 2.05) is 6.92 Å². The Bertz CT molecular complexity index is 493. The molecule has 1 aromatic rings. The van der Waals surface area contributed by atoms with Crippen molar-refractivity contribution in [1.29, 1.82) is 0 Å². The van der Waals surface area contributed by atoms with E-state index in [2.05, 4.69) is 10.6 Å². The zero-order chi connectivity index (χ0) is 15.1. The highest BCUT2D eigenvalue weighted by atomic mass is 35.5. The van der Waals surface area contributed by atoms with Gasteiger partial charge in [0.15, 0.2) is 0 Å². The molecule has 0 aliphatic rings. The molecule has 1 aromatic carbocycles. The minimum absolute atomic E-state index is 0.0618. The third kappa shape index (κ3) is 4.71. The number of carboxylic acid groups (broad SMARTS) is 1. The first-order valence-electron chi connectivity index (χ1n) is 6.07. The van der Waals surface area contributed by atoms with Gasteiger partial charge in [-0.3, -0.25) is 0 Å². The second-order valence-electron chi connectivity index (χ2n) is 4.16. The molecule has 0 bridgehead atoms. The average Bonchev–Trinajstić information content (AvgIpc) is 2.40. The summed E-state index contributed by atoms with van der Waals surface area (Å²) in [7, 11) is 1.56. The van der Waals surface area contributed by atoms with Gasteiger partial charge in [0.1, 0.15) is 0 Å².